The van der Waals surface area contributed by atoms with Crippen molar-refractivity contribution in [3.63, 3.8) is 0 Å². The highest BCUT2D eigenvalue weighted by Crippen LogP contribution is 2.30. The molecule has 0 saturated carbocycles. The number of thiocarbonyl (C=S) groups is 1. The SMILES string of the molecule is O=C(NC(=S)Nc1ccccc1C(=O)N1CCN(C(c2ccccc2)c2ccccc2)CC1)c1ccc(OCCOc2ccccc2)cc1. The molecule has 0 bridgehead atoms. The molecule has 1 aliphatic rings. The number of para-hydroxylation sites is 2. The molecule has 2 N–H and O–H groups in total. The van der Waals surface area contributed by atoms with Crippen LogP contribution in [0.3, 0.4) is 0 Å². The fourth-order valence-electron chi connectivity index (χ4n) is 5.88. The van der Waals surface area contributed by atoms with Gasteiger partial charge in [-0.3, -0.25) is 19.8 Å². The van der Waals surface area contributed by atoms with E-state index >= 15 is 0 Å². The summed E-state index contributed by atoms with van der Waals surface area (Å²) < 4.78 is 11.4. The lowest BCUT2D eigenvalue weighted by atomic mass is 9.96. The minimum absolute atomic E-state index is 0.0856. The van der Waals surface area contributed by atoms with Crippen LogP contribution in [0.25, 0.3) is 0 Å². The average molecular weight is 671 g/mol. The minimum atomic E-state index is -0.372. The van der Waals surface area contributed by atoms with Crippen molar-refractivity contribution in [1.29, 1.82) is 0 Å². The summed E-state index contributed by atoms with van der Waals surface area (Å²) in [5, 5.41) is 5.88. The van der Waals surface area contributed by atoms with E-state index in [-0.39, 0.29) is 23.0 Å². The zero-order valence-electron chi connectivity index (χ0n) is 27.0. The molecule has 0 radical (unpaired) electrons. The van der Waals surface area contributed by atoms with Crippen LogP contribution in [-0.2, 0) is 0 Å². The van der Waals surface area contributed by atoms with Gasteiger partial charge in [-0.15, -0.1) is 0 Å². The van der Waals surface area contributed by atoms with Gasteiger partial charge in [0.2, 0.25) is 0 Å². The van der Waals surface area contributed by atoms with Gasteiger partial charge in [-0.25, -0.2) is 0 Å². The van der Waals surface area contributed by atoms with Gasteiger partial charge < -0.3 is 19.7 Å². The molecule has 1 fully saturated rings. The molecule has 49 heavy (non-hydrogen) atoms. The summed E-state index contributed by atoms with van der Waals surface area (Å²) >= 11 is 5.48. The molecule has 0 atom stereocenters. The van der Waals surface area contributed by atoms with Crippen LogP contribution in [-0.4, -0.2) is 66.1 Å². The van der Waals surface area contributed by atoms with E-state index in [1.165, 1.54) is 11.1 Å². The van der Waals surface area contributed by atoms with Crippen LogP contribution in [0.15, 0.2) is 140 Å². The summed E-state index contributed by atoms with van der Waals surface area (Å²) in [6.45, 7) is 3.40. The van der Waals surface area contributed by atoms with Gasteiger partial charge in [0.25, 0.3) is 11.8 Å². The van der Waals surface area contributed by atoms with Gasteiger partial charge in [-0.2, -0.15) is 0 Å². The Bertz CT molecular complexity index is 1790. The number of ether oxygens (including phenoxy) is 2. The first kappa shape index (κ1) is 33.4. The first-order valence-electron chi connectivity index (χ1n) is 16.3. The number of hydrogen-bond acceptors (Lipinski definition) is 6. The molecule has 5 aromatic rings. The molecule has 0 unspecified atom stereocenters. The molecule has 8 nitrogen and oxygen atoms in total. The van der Waals surface area contributed by atoms with Crippen molar-refractivity contribution in [2.45, 2.75) is 6.04 Å². The molecular weight excluding hydrogens is 633 g/mol. The lowest BCUT2D eigenvalue weighted by Gasteiger charge is -2.40. The predicted octanol–water partition coefficient (Wildman–Crippen LogP) is 6.82. The summed E-state index contributed by atoms with van der Waals surface area (Å²) in [4.78, 5) is 31.0. The Balaban J connectivity index is 1.01. The topological polar surface area (TPSA) is 83.1 Å². The minimum Gasteiger partial charge on any atom is -0.490 e. The number of piperazine rings is 1. The highest BCUT2D eigenvalue weighted by Gasteiger charge is 2.29. The zero-order chi connectivity index (χ0) is 33.8. The van der Waals surface area contributed by atoms with Crippen molar-refractivity contribution < 1.29 is 19.1 Å². The van der Waals surface area contributed by atoms with Crippen molar-refractivity contribution in [2.75, 3.05) is 44.7 Å². The lowest BCUT2D eigenvalue weighted by molar-refractivity contribution is 0.0598. The monoisotopic (exact) mass is 670 g/mol. The largest absolute Gasteiger partial charge is 0.490 e. The highest BCUT2D eigenvalue weighted by atomic mass is 32.1. The van der Waals surface area contributed by atoms with Crippen molar-refractivity contribution >= 4 is 34.8 Å². The quantitative estimate of drug-likeness (QED) is 0.118. The molecular formula is C40H38N4O4S. The van der Waals surface area contributed by atoms with Crippen molar-refractivity contribution in [3.8, 4) is 11.5 Å². The number of anilines is 1. The van der Waals surface area contributed by atoms with Gasteiger partial charge >= 0.3 is 0 Å². The Labute approximate surface area is 292 Å². The van der Waals surface area contributed by atoms with E-state index in [2.05, 4.69) is 64.1 Å². The second-order valence-electron chi connectivity index (χ2n) is 11.5. The summed E-state index contributed by atoms with van der Waals surface area (Å²) in [6, 6.07) is 44.6. The number of nitrogens with zero attached hydrogens (tertiary/aromatic N) is 2. The van der Waals surface area contributed by atoms with Gasteiger partial charge in [0.1, 0.15) is 24.7 Å². The van der Waals surface area contributed by atoms with E-state index in [0.29, 0.717) is 48.9 Å². The third-order valence-electron chi connectivity index (χ3n) is 8.31. The molecule has 9 heteroatoms. The molecule has 248 valence electrons. The summed E-state index contributed by atoms with van der Waals surface area (Å²) in [5.41, 5.74) is 3.91. The van der Waals surface area contributed by atoms with Crippen LogP contribution in [0.2, 0.25) is 0 Å². The Morgan fingerprint density at radius 3 is 1.73 bits per heavy atom. The fourth-order valence-corrected chi connectivity index (χ4v) is 6.09. The van der Waals surface area contributed by atoms with Crippen molar-refractivity contribution in [3.05, 3.63) is 162 Å². The molecule has 1 saturated heterocycles. The van der Waals surface area contributed by atoms with E-state index in [1.54, 1.807) is 36.4 Å². The predicted molar refractivity (Wildman–Crippen MR) is 196 cm³/mol. The van der Waals surface area contributed by atoms with Crippen molar-refractivity contribution in [1.82, 2.24) is 15.1 Å². The second kappa shape index (κ2) is 16.5. The van der Waals surface area contributed by atoms with E-state index in [4.69, 9.17) is 21.7 Å². The molecule has 5 aromatic carbocycles. The maximum atomic E-state index is 13.8. The fraction of sp³-hybridized carbons (Fsp3) is 0.175. The van der Waals surface area contributed by atoms with Crippen LogP contribution in [0.4, 0.5) is 5.69 Å². The summed E-state index contributed by atoms with van der Waals surface area (Å²) in [5.74, 6) is 0.947. The van der Waals surface area contributed by atoms with Crippen LogP contribution in [0, 0.1) is 0 Å². The number of nitrogens with one attached hydrogen (secondary N) is 2. The maximum absolute atomic E-state index is 13.8. The summed E-state index contributed by atoms with van der Waals surface area (Å²) in [6.07, 6.45) is 0. The van der Waals surface area contributed by atoms with Gasteiger partial charge in [0, 0.05) is 31.7 Å². The number of hydrogen-bond donors (Lipinski definition) is 2. The van der Waals surface area contributed by atoms with Gasteiger partial charge in [0.15, 0.2) is 5.11 Å². The Morgan fingerprint density at radius 1 is 0.633 bits per heavy atom. The molecule has 6 rings (SSSR count). The van der Waals surface area contributed by atoms with Gasteiger partial charge in [0.05, 0.1) is 17.3 Å². The molecule has 1 aliphatic heterocycles. The maximum Gasteiger partial charge on any atom is 0.257 e. The average Bonchev–Trinajstić information content (AvgIpc) is 3.15. The highest BCUT2D eigenvalue weighted by molar-refractivity contribution is 7.80. The number of carbonyl (C=O) groups excluding carboxylic acids is 2. The molecule has 2 amide bonds. The van der Waals surface area contributed by atoms with E-state index < -0.39 is 0 Å². The standard InChI is InChI=1S/C40H38N4O4S/c45-38(32-20-22-34(23-21-32)48-29-28-47-33-16-8-3-9-17-33)42-40(49)41-36-19-11-10-18-35(36)39(46)44-26-24-43(25-27-44)37(30-12-4-1-5-13-30)31-14-6-2-7-15-31/h1-23,37H,24-29H2,(H2,41,42,45,49). The Morgan fingerprint density at radius 2 is 1.14 bits per heavy atom. The first-order chi connectivity index (χ1) is 24.0. The van der Waals surface area contributed by atoms with Gasteiger partial charge in [-0.05, 0) is 71.9 Å². The zero-order valence-corrected chi connectivity index (χ0v) is 27.9. The normalized spacial score (nSPS) is 13.0. The molecule has 1 heterocycles. The van der Waals surface area contributed by atoms with Crippen LogP contribution in [0.5, 0.6) is 11.5 Å². The van der Waals surface area contributed by atoms with Crippen molar-refractivity contribution in [2.24, 2.45) is 0 Å². The number of carbonyl (C=O) groups is 2. The number of rotatable bonds is 11. The smallest absolute Gasteiger partial charge is 0.257 e. The van der Waals surface area contributed by atoms with E-state index in [0.717, 1.165) is 18.8 Å². The molecule has 0 spiro atoms. The van der Waals surface area contributed by atoms with Crippen LogP contribution >= 0.6 is 12.2 Å². The Kier molecular flexibility index (Phi) is 11.3. The van der Waals surface area contributed by atoms with E-state index in [9.17, 15) is 9.59 Å². The van der Waals surface area contributed by atoms with E-state index in [1.807, 2.05) is 59.5 Å². The second-order valence-corrected chi connectivity index (χ2v) is 11.9. The van der Waals surface area contributed by atoms with Gasteiger partial charge in [-0.1, -0.05) is 91.0 Å². The molecule has 0 aliphatic carbocycles. The molecule has 0 aromatic heterocycles. The Hall–Kier alpha value is -5.51. The lowest BCUT2D eigenvalue weighted by Crippen LogP contribution is -2.50. The number of amides is 2. The third-order valence-corrected chi connectivity index (χ3v) is 8.51. The number of benzene rings is 5. The first-order valence-corrected chi connectivity index (χ1v) is 16.7. The van der Waals surface area contributed by atoms with Crippen LogP contribution in [0.1, 0.15) is 37.9 Å². The van der Waals surface area contributed by atoms with Crippen LogP contribution < -0.4 is 20.1 Å². The third kappa shape index (κ3) is 8.90. The summed E-state index contributed by atoms with van der Waals surface area (Å²) in [7, 11) is 0.